The molecule has 0 aromatic heterocycles. The Hall–Kier alpha value is -0.670. The largest absolute Gasteiger partial charge is 0.489 e. The zero-order valence-corrected chi connectivity index (χ0v) is 6.11. The highest BCUT2D eigenvalue weighted by molar-refractivity contribution is 5.08. The zero-order chi connectivity index (χ0) is 8.48. The van der Waals surface area contributed by atoms with Crippen LogP contribution in [0.2, 0.25) is 0 Å². The van der Waals surface area contributed by atoms with Gasteiger partial charge < -0.3 is 4.74 Å². The van der Waals surface area contributed by atoms with E-state index in [-0.39, 0.29) is 0 Å². The lowest BCUT2D eigenvalue weighted by atomic mass is 9.95. The summed E-state index contributed by atoms with van der Waals surface area (Å²) >= 11 is 0. The summed E-state index contributed by atoms with van der Waals surface area (Å²) in [6.45, 7) is 0.770. The second kappa shape index (κ2) is 2.75. The van der Waals surface area contributed by atoms with Gasteiger partial charge in [-0.25, -0.2) is 0 Å². The minimum Gasteiger partial charge on any atom is -0.489 e. The molecule has 1 aliphatic rings. The monoisotopic (exact) mass is 166 g/mol. The SMILES string of the molecule is CC1C=C(OCC(F)(F)F)C1. The van der Waals surface area contributed by atoms with Crippen LogP contribution in [0.25, 0.3) is 0 Å². The van der Waals surface area contributed by atoms with Gasteiger partial charge in [0.1, 0.15) is 0 Å². The molecule has 0 heterocycles. The molecule has 0 radical (unpaired) electrons. The topological polar surface area (TPSA) is 9.23 Å². The molecule has 4 heteroatoms. The Balaban J connectivity index is 2.19. The number of halogens is 3. The first kappa shape index (κ1) is 8.43. The van der Waals surface area contributed by atoms with Crippen LogP contribution in [0.3, 0.4) is 0 Å². The van der Waals surface area contributed by atoms with E-state index in [0.717, 1.165) is 0 Å². The van der Waals surface area contributed by atoms with Crippen molar-refractivity contribution in [1.29, 1.82) is 0 Å². The van der Waals surface area contributed by atoms with E-state index < -0.39 is 12.8 Å². The maximum atomic E-state index is 11.5. The lowest BCUT2D eigenvalue weighted by molar-refractivity contribution is -0.166. The fourth-order valence-corrected chi connectivity index (χ4v) is 0.883. The van der Waals surface area contributed by atoms with Crippen LogP contribution in [0.15, 0.2) is 11.8 Å². The Labute approximate surface area is 62.8 Å². The van der Waals surface area contributed by atoms with E-state index in [9.17, 15) is 13.2 Å². The molecule has 1 aliphatic carbocycles. The number of hydrogen-bond donors (Lipinski definition) is 0. The molecular weight excluding hydrogens is 157 g/mol. The van der Waals surface area contributed by atoms with Crippen molar-refractivity contribution < 1.29 is 17.9 Å². The molecule has 64 valence electrons. The van der Waals surface area contributed by atoms with E-state index in [1.165, 1.54) is 0 Å². The lowest BCUT2D eigenvalue weighted by Crippen LogP contribution is -2.19. The van der Waals surface area contributed by atoms with Gasteiger partial charge in [0.25, 0.3) is 0 Å². The lowest BCUT2D eigenvalue weighted by Gasteiger charge is -2.22. The molecule has 11 heavy (non-hydrogen) atoms. The molecule has 0 amide bonds. The Kier molecular flexibility index (Phi) is 2.11. The quantitative estimate of drug-likeness (QED) is 0.612. The maximum Gasteiger partial charge on any atom is 0.422 e. The summed E-state index contributed by atoms with van der Waals surface area (Å²) < 4.78 is 39.0. The van der Waals surface area contributed by atoms with Crippen LogP contribution < -0.4 is 0 Å². The highest BCUT2D eigenvalue weighted by Gasteiger charge is 2.30. The third-order valence-corrected chi connectivity index (χ3v) is 1.41. The standard InChI is InChI=1S/C7H9F3O/c1-5-2-6(3-5)11-4-7(8,9)10/h2,5H,3-4H2,1H3. The van der Waals surface area contributed by atoms with Gasteiger partial charge in [-0.15, -0.1) is 0 Å². The second-order valence-corrected chi connectivity index (χ2v) is 2.72. The smallest absolute Gasteiger partial charge is 0.422 e. The summed E-state index contributed by atoms with van der Waals surface area (Å²) in [6.07, 6.45) is -1.87. The van der Waals surface area contributed by atoms with Crippen molar-refractivity contribution in [3.8, 4) is 0 Å². The molecule has 0 spiro atoms. The van der Waals surface area contributed by atoms with Crippen LogP contribution in [0.1, 0.15) is 13.3 Å². The predicted octanol–water partition coefficient (Wildman–Crippen LogP) is 2.49. The summed E-state index contributed by atoms with van der Waals surface area (Å²) in [5.74, 6) is 0.841. The highest BCUT2D eigenvalue weighted by Crippen LogP contribution is 2.27. The minimum atomic E-state index is -4.21. The van der Waals surface area contributed by atoms with Crippen molar-refractivity contribution in [3.05, 3.63) is 11.8 Å². The Morgan fingerprint density at radius 1 is 1.64 bits per heavy atom. The average Bonchev–Trinajstić information content (AvgIpc) is 1.75. The number of rotatable bonds is 2. The number of alkyl halides is 3. The van der Waals surface area contributed by atoms with Gasteiger partial charge >= 0.3 is 6.18 Å². The molecule has 0 aromatic rings. The number of hydrogen-bond acceptors (Lipinski definition) is 1. The summed E-state index contributed by atoms with van der Waals surface area (Å²) in [5.41, 5.74) is 0. The highest BCUT2D eigenvalue weighted by atomic mass is 19.4. The molecule has 1 rings (SSSR count). The molecule has 0 aliphatic heterocycles. The van der Waals surface area contributed by atoms with Gasteiger partial charge in [0, 0.05) is 6.42 Å². The fourth-order valence-electron chi connectivity index (χ4n) is 0.883. The van der Waals surface area contributed by atoms with E-state index in [1.807, 2.05) is 6.92 Å². The number of ether oxygens (including phenoxy) is 1. The molecule has 1 nitrogen and oxygen atoms in total. The molecule has 0 aromatic carbocycles. The van der Waals surface area contributed by atoms with E-state index >= 15 is 0 Å². The molecule has 1 unspecified atom stereocenters. The van der Waals surface area contributed by atoms with Crippen LogP contribution in [-0.4, -0.2) is 12.8 Å². The van der Waals surface area contributed by atoms with Gasteiger partial charge in [-0.3, -0.25) is 0 Å². The summed E-state index contributed by atoms with van der Waals surface area (Å²) in [5, 5.41) is 0. The third-order valence-electron chi connectivity index (χ3n) is 1.41. The van der Waals surface area contributed by atoms with E-state index in [4.69, 9.17) is 0 Å². The maximum absolute atomic E-state index is 11.5. The molecule has 0 saturated heterocycles. The molecule has 0 bridgehead atoms. The Morgan fingerprint density at radius 3 is 2.55 bits per heavy atom. The predicted molar refractivity (Wildman–Crippen MR) is 33.9 cm³/mol. The van der Waals surface area contributed by atoms with E-state index in [0.29, 0.717) is 18.1 Å². The summed E-state index contributed by atoms with van der Waals surface area (Å²) in [6, 6.07) is 0. The van der Waals surface area contributed by atoms with Crippen LogP contribution in [0, 0.1) is 5.92 Å². The molecule has 0 N–H and O–H groups in total. The van der Waals surface area contributed by atoms with Crippen LogP contribution >= 0.6 is 0 Å². The summed E-state index contributed by atoms with van der Waals surface area (Å²) in [7, 11) is 0. The summed E-state index contributed by atoms with van der Waals surface area (Å²) in [4.78, 5) is 0. The van der Waals surface area contributed by atoms with Gasteiger partial charge in [0.15, 0.2) is 6.61 Å². The first-order valence-electron chi connectivity index (χ1n) is 3.37. The molecule has 1 atom stereocenters. The molecule has 0 fully saturated rings. The second-order valence-electron chi connectivity index (χ2n) is 2.72. The minimum absolute atomic E-state index is 0.373. The van der Waals surface area contributed by atoms with Crippen molar-refractivity contribution in [1.82, 2.24) is 0 Å². The van der Waals surface area contributed by atoms with Crippen molar-refractivity contribution >= 4 is 0 Å². The third kappa shape index (κ3) is 2.82. The van der Waals surface area contributed by atoms with Gasteiger partial charge in [-0.1, -0.05) is 6.92 Å². The number of allylic oxidation sites excluding steroid dienone is 2. The normalized spacial score (nSPS) is 24.0. The van der Waals surface area contributed by atoms with Crippen LogP contribution in [0.5, 0.6) is 0 Å². The van der Waals surface area contributed by atoms with Crippen LogP contribution in [-0.2, 0) is 4.74 Å². The molecule has 0 saturated carbocycles. The first-order valence-corrected chi connectivity index (χ1v) is 3.37. The van der Waals surface area contributed by atoms with Crippen molar-refractivity contribution in [2.75, 3.05) is 6.61 Å². The molecular formula is C7H9F3O. The zero-order valence-electron chi connectivity index (χ0n) is 6.11. The van der Waals surface area contributed by atoms with Gasteiger partial charge in [0.2, 0.25) is 0 Å². The van der Waals surface area contributed by atoms with Gasteiger partial charge in [-0.05, 0) is 12.0 Å². The van der Waals surface area contributed by atoms with E-state index in [1.54, 1.807) is 6.08 Å². The van der Waals surface area contributed by atoms with Gasteiger partial charge in [0.05, 0.1) is 5.76 Å². The Morgan fingerprint density at radius 2 is 2.18 bits per heavy atom. The van der Waals surface area contributed by atoms with E-state index in [2.05, 4.69) is 4.74 Å². The fraction of sp³-hybridized carbons (Fsp3) is 0.714. The average molecular weight is 166 g/mol. The van der Waals surface area contributed by atoms with Crippen molar-refractivity contribution in [2.45, 2.75) is 19.5 Å². The first-order chi connectivity index (χ1) is 4.97. The van der Waals surface area contributed by atoms with Crippen molar-refractivity contribution in [3.63, 3.8) is 0 Å². The Bertz CT molecular complexity index is 171. The van der Waals surface area contributed by atoms with Crippen LogP contribution in [0.4, 0.5) is 13.2 Å². The van der Waals surface area contributed by atoms with Gasteiger partial charge in [-0.2, -0.15) is 13.2 Å². The van der Waals surface area contributed by atoms with Crippen molar-refractivity contribution in [2.24, 2.45) is 5.92 Å².